The van der Waals surface area contributed by atoms with Crippen LogP contribution in [0.3, 0.4) is 0 Å². The molecule has 0 N–H and O–H groups in total. The van der Waals surface area contributed by atoms with Crippen LogP contribution in [0.1, 0.15) is 26.3 Å². The maximum Gasteiger partial charge on any atom is 0.245 e. The van der Waals surface area contributed by atoms with Gasteiger partial charge in [0.1, 0.15) is 34.5 Å². The largest absolute Gasteiger partial charge is 0.485 e. The van der Waals surface area contributed by atoms with Gasteiger partial charge >= 0.3 is 0 Å². The van der Waals surface area contributed by atoms with Crippen molar-refractivity contribution in [3.63, 3.8) is 0 Å². The molecular formula is C40H30O4. The summed E-state index contributed by atoms with van der Waals surface area (Å²) in [5, 5.41) is 2.24. The fourth-order valence-corrected chi connectivity index (χ4v) is 6.97. The molecule has 9 rings (SSSR count). The Labute approximate surface area is 255 Å². The van der Waals surface area contributed by atoms with E-state index in [1.165, 1.54) is 5.56 Å². The van der Waals surface area contributed by atoms with E-state index in [2.05, 4.69) is 110 Å². The molecule has 0 radical (unpaired) electrons. The second-order valence-corrected chi connectivity index (χ2v) is 12.6. The van der Waals surface area contributed by atoms with Crippen LogP contribution < -0.4 is 14.2 Å². The molecule has 2 unspecified atom stereocenters. The predicted octanol–water partition coefficient (Wildman–Crippen LogP) is 10.2. The highest BCUT2D eigenvalue weighted by atomic mass is 16.7. The molecule has 0 fully saturated rings. The Morgan fingerprint density at radius 1 is 0.568 bits per heavy atom. The number of hydrogen-bond donors (Lipinski definition) is 0. The zero-order chi connectivity index (χ0) is 29.6. The highest BCUT2D eigenvalue weighted by Crippen LogP contribution is 2.49. The normalized spacial score (nSPS) is 20.6. The highest BCUT2D eigenvalue weighted by molar-refractivity contribution is 6.06. The third-order valence-corrected chi connectivity index (χ3v) is 9.25. The summed E-state index contributed by atoms with van der Waals surface area (Å²) in [4.78, 5) is 0. The van der Waals surface area contributed by atoms with Gasteiger partial charge in [-0.2, -0.15) is 0 Å². The lowest BCUT2D eigenvalue weighted by Crippen LogP contribution is -2.34. The molecule has 0 saturated carbocycles. The Kier molecular flexibility index (Phi) is 5.12. The molecule has 4 nitrogen and oxygen atoms in total. The van der Waals surface area contributed by atoms with Crippen molar-refractivity contribution in [2.45, 2.75) is 38.1 Å². The van der Waals surface area contributed by atoms with Gasteiger partial charge in [-0.15, -0.1) is 0 Å². The molecule has 1 aromatic heterocycles. The van der Waals surface area contributed by atoms with Gasteiger partial charge in [0, 0.05) is 41.3 Å². The Bertz CT molecular complexity index is 2210. The molecule has 4 heteroatoms. The van der Waals surface area contributed by atoms with E-state index in [0.29, 0.717) is 0 Å². The molecule has 3 heterocycles. The minimum absolute atomic E-state index is 0.0196. The van der Waals surface area contributed by atoms with Gasteiger partial charge in [-0.1, -0.05) is 66.8 Å². The summed E-state index contributed by atoms with van der Waals surface area (Å²) in [6, 6.07) is 33.9. The monoisotopic (exact) mass is 574 g/mol. The van der Waals surface area contributed by atoms with Crippen LogP contribution in [0, 0.1) is 0 Å². The molecule has 214 valence electrons. The topological polar surface area (TPSA) is 40.8 Å². The molecule has 2 aliphatic heterocycles. The molecule has 0 saturated heterocycles. The first kappa shape index (κ1) is 25.3. The van der Waals surface area contributed by atoms with E-state index in [1.807, 2.05) is 32.0 Å². The van der Waals surface area contributed by atoms with Crippen molar-refractivity contribution >= 4 is 21.9 Å². The van der Waals surface area contributed by atoms with Crippen LogP contribution in [0.4, 0.5) is 0 Å². The zero-order valence-electron chi connectivity index (χ0n) is 24.8. The van der Waals surface area contributed by atoms with Crippen LogP contribution in [0.25, 0.3) is 55.3 Å². The minimum atomic E-state index is -0.850. The van der Waals surface area contributed by atoms with Gasteiger partial charge in [0.2, 0.25) is 5.79 Å². The van der Waals surface area contributed by atoms with Gasteiger partial charge < -0.3 is 18.6 Å². The number of allylic oxidation sites excluding steroid dienone is 2. The Hall–Kier alpha value is -5.22. The Morgan fingerprint density at radius 3 is 2.18 bits per heavy atom. The third kappa shape index (κ3) is 3.77. The van der Waals surface area contributed by atoms with E-state index >= 15 is 0 Å². The van der Waals surface area contributed by atoms with E-state index in [9.17, 15) is 0 Å². The summed E-state index contributed by atoms with van der Waals surface area (Å²) in [7, 11) is 0. The lowest BCUT2D eigenvalue weighted by molar-refractivity contribution is -0.0778. The SMILES string of the molecule is CC1(C)Oc2cc(-c3ccc4c(c3)oc3ccccc34)ccc2-c2cc(-c3ccc4c(c3)OC3C=CC=CC43C)ccc2O1. The first-order chi connectivity index (χ1) is 21.3. The maximum atomic E-state index is 6.52. The molecule has 0 bridgehead atoms. The number of benzene rings is 5. The number of hydrogen-bond acceptors (Lipinski definition) is 4. The minimum Gasteiger partial charge on any atom is -0.485 e. The second kappa shape index (κ2) is 8.90. The average molecular weight is 575 g/mol. The number of fused-ring (bicyclic) bond motifs is 9. The van der Waals surface area contributed by atoms with Crippen molar-refractivity contribution in [3.05, 3.63) is 127 Å². The molecule has 44 heavy (non-hydrogen) atoms. The molecule has 0 spiro atoms. The van der Waals surface area contributed by atoms with Crippen molar-refractivity contribution in [2.75, 3.05) is 0 Å². The lowest BCUT2D eigenvalue weighted by atomic mass is 9.76. The van der Waals surface area contributed by atoms with Gasteiger partial charge in [-0.05, 0) is 83.8 Å². The van der Waals surface area contributed by atoms with Gasteiger partial charge in [-0.25, -0.2) is 0 Å². The summed E-state index contributed by atoms with van der Waals surface area (Å²) in [5.74, 6) is 1.66. The van der Waals surface area contributed by atoms with Gasteiger partial charge in [0.05, 0.1) is 5.41 Å². The average Bonchev–Trinajstić information content (AvgIpc) is 3.51. The predicted molar refractivity (Wildman–Crippen MR) is 175 cm³/mol. The van der Waals surface area contributed by atoms with Crippen LogP contribution in [0.15, 0.2) is 126 Å². The van der Waals surface area contributed by atoms with Crippen molar-refractivity contribution in [3.8, 4) is 50.6 Å². The maximum absolute atomic E-state index is 6.52. The van der Waals surface area contributed by atoms with Crippen LogP contribution in [0.2, 0.25) is 0 Å². The second-order valence-electron chi connectivity index (χ2n) is 12.6. The quantitative estimate of drug-likeness (QED) is 0.206. The highest BCUT2D eigenvalue weighted by Gasteiger charge is 2.43. The standard InChI is InChI=1S/C40H30O4/c1-39(2)43-34-18-14-24(27-13-17-32-37(23-27)42-38-10-6-7-19-40(32,38)3)20-31(34)30-16-12-26(22-36(30)44-39)25-11-15-29-28-8-4-5-9-33(28)41-35(29)21-25/h4-23,38H,1-3H3. The van der Waals surface area contributed by atoms with E-state index in [4.69, 9.17) is 18.6 Å². The molecule has 6 aromatic rings. The molecule has 5 aromatic carbocycles. The number of rotatable bonds is 2. The fraction of sp³-hybridized carbons (Fsp3) is 0.150. The van der Waals surface area contributed by atoms with Crippen molar-refractivity contribution in [1.82, 2.24) is 0 Å². The number of furan rings is 1. The fourth-order valence-electron chi connectivity index (χ4n) is 6.97. The zero-order valence-corrected chi connectivity index (χ0v) is 24.8. The first-order valence-electron chi connectivity index (χ1n) is 15.1. The third-order valence-electron chi connectivity index (χ3n) is 9.25. The van der Waals surface area contributed by atoms with Crippen LogP contribution in [-0.2, 0) is 5.41 Å². The summed E-state index contributed by atoms with van der Waals surface area (Å²) in [5.41, 5.74) is 9.15. The smallest absolute Gasteiger partial charge is 0.245 e. The summed E-state index contributed by atoms with van der Waals surface area (Å²) in [6.45, 7) is 6.14. The van der Waals surface area contributed by atoms with Gasteiger partial charge in [-0.3, -0.25) is 0 Å². The van der Waals surface area contributed by atoms with Gasteiger partial charge in [0.25, 0.3) is 0 Å². The van der Waals surface area contributed by atoms with E-state index < -0.39 is 5.79 Å². The summed E-state index contributed by atoms with van der Waals surface area (Å²) < 4.78 is 25.5. The van der Waals surface area contributed by atoms with Crippen molar-refractivity contribution in [1.29, 1.82) is 0 Å². The van der Waals surface area contributed by atoms with E-state index in [0.717, 1.165) is 72.6 Å². The molecule has 3 aliphatic rings. The van der Waals surface area contributed by atoms with Crippen LogP contribution >= 0.6 is 0 Å². The number of ether oxygens (including phenoxy) is 3. The van der Waals surface area contributed by atoms with Crippen LogP contribution in [-0.4, -0.2) is 11.9 Å². The van der Waals surface area contributed by atoms with E-state index in [1.54, 1.807) is 0 Å². The van der Waals surface area contributed by atoms with Crippen LogP contribution in [0.5, 0.6) is 17.2 Å². The van der Waals surface area contributed by atoms with E-state index in [-0.39, 0.29) is 11.5 Å². The Morgan fingerprint density at radius 2 is 1.27 bits per heavy atom. The lowest BCUT2D eigenvalue weighted by Gasteiger charge is -2.26. The molecule has 2 atom stereocenters. The van der Waals surface area contributed by atoms with Crippen molar-refractivity contribution in [2.24, 2.45) is 0 Å². The summed E-state index contributed by atoms with van der Waals surface area (Å²) in [6.07, 6.45) is 8.58. The van der Waals surface area contributed by atoms with Crippen molar-refractivity contribution < 1.29 is 18.6 Å². The molecule has 1 aliphatic carbocycles. The first-order valence-corrected chi connectivity index (χ1v) is 15.1. The molecular weight excluding hydrogens is 544 g/mol. The summed E-state index contributed by atoms with van der Waals surface area (Å²) >= 11 is 0. The van der Waals surface area contributed by atoms with Gasteiger partial charge in [0.15, 0.2) is 0 Å². The molecule has 0 amide bonds. The Balaban J connectivity index is 1.13. The number of para-hydroxylation sites is 1.